The molecule has 3 unspecified atom stereocenters. The first kappa shape index (κ1) is 19.8. The van der Waals surface area contributed by atoms with Crippen LogP contribution in [-0.4, -0.2) is 62.7 Å². The molecular weight excluding hydrogens is 344 g/mol. The first-order valence-electron chi connectivity index (χ1n) is 9.80. The summed E-state index contributed by atoms with van der Waals surface area (Å²) in [6.45, 7) is 5.36. The Morgan fingerprint density at radius 2 is 2.07 bits per heavy atom. The minimum atomic E-state index is -0.268. The summed E-state index contributed by atoms with van der Waals surface area (Å²) in [5, 5.41) is 4.66. The number of carbonyl (C=O) groups is 2. The molecule has 3 atom stereocenters. The zero-order chi connectivity index (χ0) is 19.2. The van der Waals surface area contributed by atoms with Crippen LogP contribution >= 0.6 is 0 Å². The number of fused-ring (bicyclic) bond motifs is 1. The molecule has 2 N–H and O–H groups in total. The number of hydrogen-bond donors (Lipinski definition) is 2. The van der Waals surface area contributed by atoms with E-state index in [0.717, 1.165) is 25.1 Å². The van der Waals surface area contributed by atoms with Crippen molar-refractivity contribution in [3.63, 3.8) is 0 Å². The molecule has 0 radical (unpaired) electrons. The average Bonchev–Trinajstić information content (AvgIpc) is 3.03. The van der Waals surface area contributed by atoms with Gasteiger partial charge in [-0.05, 0) is 18.6 Å². The maximum absolute atomic E-state index is 13.1. The molecule has 1 aromatic rings. The van der Waals surface area contributed by atoms with Crippen LogP contribution in [0.2, 0.25) is 0 Å². The number of nitrogens with zero attached hydrogens (tertiary/aromatic N) is 2. The van der Waals surface area contributed by atoms with Gasteiger partial charge in [0.25, 0.3) is 0 Å². The Labute approximate surface area is 161 Å². The van der Waals surface area contributed by atoms with Gasteiger partial charge in [-0.1, -0.05) is 31.5 Å². The maximum atomic E-state index is 13.1. The van der Waals surface area contributed by atoms with Crippen molar-refractivity contribution in [3.8, 4) is 0 Å². The van der Waals surface area contributed by atoms with E-state index in [2.05, 4.69) is 22.6 Å². The standard InChI is InChI=1S/C20H30N4O3/c1-3-4-10-21-19(25)16-13-23(11-12-27-2)14-17-18(16)22-24(20(17)26)15-8-6-5-7-9-15/h5-9,16-18,22H,3-4,10-14H2,1-2H3,(H,21,25). The molecule has 7 nitrogen and oxygen atoms in total. The summed E-state index contributed by atoms with van der Waals surface area (Å²) in [5.74, 6) is -0.455. The number of amides is 2. The van der Waals surface area contributed by atoms with E-state index in [9.17, 15) is 9.59 Å². The molecule has 2 heterocycles. The zero-order valence-corrected chi connectivity index (χ0v) is 16.2. The second-order valence-electron chi connectivity index (χ2n) is 7.27. The highest BCUT2D eigenvalue weighted by Gasteiger charge is 2.50. The molecule has 0 saturated carbocycles. The van der Waals surface area contributed by atoms with Gasteiger partial charge >= 0.3 is 0 Å². The van der Waals surface area contributed by atoms with E-state index >= 15 is 0 Å². The van der Waals surface area contributed by atoms with E-state index in [-0.39, 0.29) is 29.7 Å². The third kappa shape index (κ3) is 4.48. The molecule has 1 aromatic carbocycles. The molecule has 2 saturated heterocycles. The van der Waals surface area contributed by atoms with E-state index in [0.29, 0.717) is 26.2 Å². The smallest absolute Gasteiger partial charge is 0.247 e. The normalized spacial score (nSPS) is 25.5. The van der Waals surface area contributed by atoms with Gasteiger partial charge in [-0.2, -0.15) is 0 Å². The number of carbonyl (C=O) groups excluding carboxylic acids is 2. The number of likely N-dealkylation sites (tertiary alicyclic amines) is 1. The molecule has 0 aromatic heterocycles. The van der Waals surface area contributed by atoms with Gasteiger partial charge in [0.15, 0.2) is 0 Å². The molecule has 2 fully saturated rings. The summed E-state index contributed by atoms with van der Waals surface area (Å²) in [7, 11) is 1.67. The largest absolute Gasteiger partial charge is 0.383 e. The lowest BCUT2D eigenvalue weighted by molar-refractivity contribution is -0.130. The fraction of sp³-hybridized carbons (Fsp3) is 0.600. The van der Waals surface area contributed by atoms with Crippen LogP contribution in [0.15, 0.2) is 30.3 Å². The van der Waals surface area contributed by atoms with Gasteiger partial charge in [-0.3, -0.25) is 14.5 Å². The zero-order valence-electron chi connectivity index (χ0n) is 16.2. The highest BCUT2D eigenvalue weighted by Crippen LogP contribution is 2.31. The van der Waals surface area contributed by atoms with Crippen LogP contribution in [0.4, 0.5) is 5.69 Å². The Hall–Kier alpha value is -1.96. The molecule has 27 heavy (non-hydrogen) atoms. The fourth-order valence-electron chi connectivity index (χ4n) is 3.88. The second kappa shape index (κ2) is 9.30. The first-order chi connectivity index (χ1) is 13.2. The van der Waals surface area contributed by atoms with Gasteiger partial charge in [0.1, 0.15) is 0 Å². The number of piperidine rings is 1. The highest BCUT2D eigenvalue weighted by atomic mass is 16.5. The van der Waals surface area contributed by atoms with Gasteiger partial charge in [-0.15, -0.1) is 0 Å². The summed E-state index contributed by atoms with van der Waals surface area (Å²) < 4.78 is 5.20. The number of ether oxygens (including phenoxy) is 1. The van der Waals surface area contributed by atoms with Crippen LogP contribution in [0.3, 0.4) is 0 Å². The van der Waals surface area contributed by atoms with Gasteiger partial charge in [0, 0.05) is 33.3 Å². The fourth-order valence-corrected chi connectivity index (χ4v) is 3.88. The Kier molecular flexibility index (Phi) is 6.82. The molecule has 0 spiro atoms. The topological polar surface area (TPSA) is 73.9 Å². The highest BCUT2D eigenvalue weighted by molar-refractivity contribution is 5.98. The lowest BCUT2D eigenvalue weighted by Gasteiger charge is -2.38. The number of rotatable bonds is 8. The summed E-state index contributed by atoms with van der Waals surface area (Å²) in [6, 6.07) is 9.37. The molecule has 2 amide bonds. The minimum Gasteiger partial charge on any atom is -0.383 e. The molecule has 7 heteroatoms. The number of benzene rings is 1. The number of nitrogens with one attached hydrogen (secondary N) is 2. The second-order valence-corrected chi connectivity index (χ2v) is 7.27. The lowest BCUT2D eigenvalue weighted by Crippen LogP contribution is -2.57. The van der Waals surface area contributed by atoms with E-state index in [1.807, 2.05) is 30.3 Å². The van der Waals surface area contributed by atoms with E-state index in [4.69, 9.17) is 4.74 Å². The molecule has 0 aliphatic carbocycles. The van der Waals surface area contributed by atoms with Crippen molar-refractivity contribution >= 4 is 17.5 Å². The van der Waals surface area contributed by atoms with Crippen molar-refractivity contribution in [2.45, 2.75) is 25.8 Å². The van der Waals surface area contributed by atoms with Crippen molar-refractivity contribution in [2.24, 2.45) is 11.8 Å². The minimum absolute atomic E-state index is 0.0239. The third-order valence-corrected chi connectivity index (χ3v) is 5.38. The summed E-state index contributed by atoms with van der Waals surface area (Å²) in [5.41, 5.74) is 4.13. The molecule has 2 aliphatic heterocycles. The molecule has 148 valence electrons. The van der Waals surface area contributed by atoms with Crippen molar-refractivity contribution in [1.29, 1.82) is 0 Å². The molecule has 0 bridgehead atoms. The molecule has 2 aliphatic rings. The number of methoxy groups -OCH3 is 1. The van der Waals surface area contributed by atoms with Crippen molar-refractivity contribution in [2.75, 3.05) is 44.9 Å². The summed E-state index contributed by atoms with van der Waals surface area (Å²) in [6.07, 6.45) is 2.00. The molecule has 3 rings (SSSR count). The number of para-hydroxylation sites is 1. The molecular formula is C20H30N4O3. The Morgan fingerprint density at radius 1 is 1.30 bits per heavy atom. The number of hydrazine groups is 1. The Balaban J connectivity index is 1.77. The van der Waals surface area contributed by atoms with Crippen LogP contribution < -0.4 is 15.8 Å². The van der Waals surface area contributed by atoms with Crippen LogP contribution in [0.5, 0.6) is 0 Å². The van der Waals surface area contributed by atoms with E-state index in [1.165, 1.54) is 0 Å². The quantitative estimate of drug-likeness (QED) is 0.665. The van der Waals surface area contributed by atoms with Gasteiger partial charge in [-0.25, -0.2) is 10.4 Å². The lowest BCUT2D eigenvalue weighted by atomic mass is 9.84. The van der Waals surface area contributed by atoms with Crippen LogP contribution in [0, 0.1) is 11.8 Å². The Morgan fingerprint density at radius 3 is 2.78 bits per heavy atom. The SMILES string of the molecule is CCCCNC(=O)C1CN(CCOC)CC2C(=O)N(c3ccccc3)NC12. The summed E-state index contributed by atoms with van der Waals surface area (Å²) >= 11 is 0. The van der Waals surface area contributed by atoms with Crippen LogP contribution in [0.1, 0.15) is 19.8 Å². The van der Waals surface area contributed by atoms with E-state index < -0.39 is 0 Å². The monoisotopic (exact) mass is 374 g/mol. The number of anilines is 1. The third-order valence-electron chi connectivity index (χ3n) is 5.38. The number of unbranched alkanes of at least 4 members (excludes halogenated alkanes) is 1. The van der Waals surface area contributed by atoms with Crippen molar-refractivity contribution in [1.82, 2.24) is 15.6 Å². The van der Waals surface area contributed by atoms with E-state index in [1.54, 1.807) is 12.1 Å². The van der Waals surface area contributed by atoms with Gasteiger partial charge < -0.3 is 10.1 Å². The van der Waals surface area contributed by atoms with Crippen LogP contribution in [-0.2, 0) is 14.3 Å². The average molecular weight is 374 g/mol. The predicted octanol–water partition coefficient (Wildman–Crippen LogP) is 1.02. The van der Waals surface area contributed by atoms with Gasteiger partial charge in [0.2, 0.25) is 11.8 Å². The van der Waals surface area contributed by atoms with Crippen LogP contribution in [0.25, 0.3) is 0 Å². The number of hydrogen-bond acceptors (Lipinski definition) is 5. The van der Waals surface area contributed by atoms with Crippen molar-refractivity contribution in [3.05, 3.63) is 30.3 Å². The summed E-state index contributed by atoms with van der Waals surface area (Å²) in [4.78, 5) is 28.1. The maximum Gasteiger partial charge on any atom is 0.247 e. The first-order valence-corrected chi connectivity index (χ1v) is 9.80. The van der Waals surface area contributed by atoms with Gasteiger partial charge in [0.05, 0.1) is 30.2 Å². The predicted molar refractivity (Wildman–Crippen MR) is 104 cm³/mol. The Bertz CT molecular complexity index is 639. The van der Waals surface area contributed by atoms with Crippen molar-refractivity contribution < 1.29 is 14.3 Å².